The third-order valence-electron chi connectivity index (χ3n) is 4.09. The van der Waals surface area contributed by atoms with Crippen molar-refractivity contribution in [3.63, 3.8) is 0 Å². The third-order valence-corrected chi connectivity index (χ3v) is 4.89. The van der Waals surface area contributed by atoms with Gasteiger partial charge >= 0.3 is 0 Å². The number of anilines is 2. The maximum absolute atomic E-state index is 11.1. The maximum atomic E-state index is 11.1. The normalized spacial score (nSPS) is 21.3. The molecule has 1 aliphatic heterocycles. The van der Waals surface area contributed by atoms with E-state index in [0.29, 0.717) is 17.8 Å². The first-order chi connectivity index (χ1) is 10.7. The molecular weight excluding hydrogens is 300 g/mol. The van der Waals surface area contributed by atoms with Gasteiger partial charge in [0.15, 0.2) is 5.82 Å². The van der Waals surface area contributed by atoms with E-state index in [0.717, 1.165) is 30.5 Å². The maximum Gasteiger partial charge on any atom is 0.222 e. The minimum atomic E-state index is -0.0974. The van der Waals surface area contributed by atoms with Crippen LogP contribution in [0.25, 0.3) is 0 Å². The summed E-state index contributed by atoms with van der Waals surface area (Å²) in [5.41, 5.74) is 0. The van der Waals surface area contributed by atoms with Crippen molar-refractivity contribution in [2.45, 2.75) is 38.1 Å². The summed E-state index contributed by atoms with van der Waals surface area (Å²) in [6, 6.07) is 2.15. The van der Waals surface area contributed by atoms with Gasteiger partial charge in [-0.1, -0.05) is 0 Å². The van der Waals surface area contributed by atoms with Gasteiger partial charge in [-0.15, -0.1) is 0 Å². The number of nitrogens with zero attached hydrogens (tertiary/aromatic N) is 5. The number of nitrogens with one attached hydrogen (secondary N) is 1. The Labute approximate surface area is 132 Å². The van der Waals surface area contributed by atoms with Crippen molar-refractivity contribution in [3.8, 4) is 0 Å². The lowest BCUT2D eigenvalue weighted by molar-refractivity contribution is -0.114. The Bertz CT molecular complexity index is 691. The molecule has 3 heterocycles. The monoisotopic (exact) mass is 318 g/mol. The van der Waals surface area contributed by atoms with Crippen LogP contribution in [0.1, 0.15) is 44.0 Å². The van der Waals surface area contributed by atoms with Gasteiger partial charge in [-0.05, 0) is 19.3 Å². The van der Waals surface area contributed by atoms with E-state index < -0.39 is 0 Å². The van der Waals surface area contributed by atoms with E-state index in [2.05, 4.69) is 24.7 Å². The Kier molecular flexibility index (Phi) is 3.33. The fourth-order valence-corrected chi connectivity index (χ4v) is 3.56. The predicted molar refractivity (Wildman–Crippen MR) is 84.3 cm³/mol. The first kappa shape index (κ1) is 13.7. The molecule has 1 atom stereocenters. The topological polar surface area (TPSA) is 75.9 Å². The molecule has 2 fully saturated rings. The third kappa shape index (κ3) is 2.70. The second-order valence-electron chi connectivity index (χ2n) is 5.96. The van der Waals surface area contributed by atoms with Gasteiger partial charge in [0.05, 0.1) is 6.04 Å². The number of hydrogen-bond donors (Lipinski definition) is 1. The number of carbonyl (C=O) groups is 1. The zero-order valence-corrected chi connectivity index (χ0v) is 13.2. The largest absolute Gasteiger partial charge is 0.345 e. The van der Waals surface area contributed by atoms with Crippen LogP contribution in [0.5, 0.6) is 0 Å². The molecule has 0 radical (unpaired) electrons. The van der Waals surface area contributed by atoms with E-state index in [9.17, 15) is 4.79 Å². The summed E-state index contributed by atoms with van der Waals surface area (Å²) >= 11 is 1.50. The fraction of sp³-hybridized carbons (Fsp3) is 0.571. The molecule has 1 N–H and O–H groups in total. The molecule has 7 nitrogen and oxygen atoms in total. The molecule has 0 spiro atoms. The van der Waals surface area contributed by atoms with Crippen molar-refractivity contribution in [3.05, 3.63) is 18.1 Å². The first-order valence-electron chi connectivity index (χ1n) is 7.60. The SMILES string of the molecule is CC(=O)Nc1ccn([C@H]2CCN(c3nc(C4CC4)ns3)C2)n1. The van der Waals surface area contributed by atoms with Crippen LogP contribution < -0.4 is 10.2 Å². The molecule has 4 rings (SSSR count). The standard InChI is InChI=1S/C14H18N6OS/c1-9(21)15-12-5-7-20(17-12)11-4-6-19(8-11)14-16-13(18-22-14)10-2-3-10/h5,7,10-11H,2-4,6,8H2,1H3,(H,15,17,21)/t11-/m0/s1. The van der Waals surface area contributed by atoms with Crippen LogP contribution in [-0.4, -0.2) is 38.1 Å². The van der Waals surface area contributed by atoms with Crippen molar-refractivity contribution in [1.29, 1.82) is 0 Å². The lowest BCUT2D eigenvalue weighted by Crippen LogP contribution is -2.21. The second kappa shape index (κ2) is 5.35. The van der Waals surface area contributed by atoms with E-state index in [4.69, 9.17) is 0 Å². The number of aromatic nitrogens is 4. The summed E-state index contributed by atoms with van der Waals surface area (Å²) in [6.45, 7) is 3.35. The van der Waals surface area contributed by atoms with Crippen molar-refractivity contribution < 1.29 is 4.79 Å². The molecule has 1 aliphatic carbocycles. The molecule has 2 aromatic rings. The van der Waals surface area contributed by atoms with Crippen LogP contribution in [0, 0.1) is 0 Å². The minimum Gasteiger partial charge on any atom is -0.345 e. The second-order valence-corrected chi connectivity index (χ2v) is 6.69. The van der Waals surface area contributed by atoms with Gasteiger partial charge in [-0.25, -0.2) is 4.98 Å². The molecule has 116 valence electrons. The number of amides is 1. The fourth-order valence-electron chi connectivity index (χ4n) is 2.78. The lowest BCUT2D eigenvalue weighted by atomic mass is 10.3. The summed E-state index contributed by atoms with van der Waals surface area (Å²) in [4.78, 5) is 18.0. The molecule has 1 amide bonds. The zero-order chi connectivity index (χ0) is 15.1. The van der Waals surface area contributed by atoms with E-state index in [1.165, 1.54) is 31.3 Å². The highest BCUT2D eigenvalue weighted by atomic mass is 32.1. The highest BCUT2D eigenvalue weighted by Crippen LogP contribution is 2.40. The van der Waals surface area contributed by atoms with Gasteiger partial charge in [0.2, 0.25) is 11.0 Å². The highest BCUT2D eigenvalue weighted by Gasteiger charge is 2.31. The van der Waals surface area contributed by atoms with Gasteiger partial charge < -0.3 is 10.2 Å². The summed E-state index contributed by atoms with van der Waals surface area (Å²) in [5.74, 6) is 2.14. The summed E-state index contributed by atoms with van der Waals surface area (Å²) in [7, 11) is 0. The molecule has 2 aliphatic rings. The summed E-state index contributed by atoms with van der Waals surface area (Å²) < 4.78 is 6.41. The van der Waals surface area contributed by atoms with Crippen molar-refractivity contribution >= 4 is 28.4 Å². The lowest BCUT2D eigenvalue weighted by Gasteiger charge is -2.14. The molecule has 22 heavy (non-hydrogen) atoms. The van der Waals surface area contributed by atoms with Gasteiger partial charge in [-0.2, -0.15) is 9.47 Å². The molecule has 0 aromatic carbocycles. The molecule has 8 heteroatoms. The van der Waals surface area contributed by atoms with E-state index in [1.807, 2.05) is 16.9 Å². The quantitative estimate of drug-likeness (QED) is 0.933. The summed E-state index contributed by atoms with van der Waals surface area (Å²) in [5, 5.41) is 8.17. The molecule has 1 saturated carbocycles. The van der Waals surface area contributed by atoms with Crippen LogP contribution in [0.4, 0.5) is 10.9 Å². The number of rotatable bonds is 4. The van der Waals surface area contributed by atoms with Gasteiger partial charge in [0, 0.05) is 49.7 Å². The average molecular weight is 318 g/mol. The Morgan fingerprint density at radius 3 is 3.05 bits per heavy atom. The Balaban J connectivity index is 1.42. The Morgan fingerprint density at radius 2 is 2.27 bits per heavy atom. The molecular formula is C14H18N6OS. The Hall–Kier alpha value is -1.96. The van der Waals surface area contributed by atoms with Crippen LogP contribution in [0.3, 0.4) is 0 Å². The van der Waals surface area contributed by atoms with E-state index in [-0.39, 0.29) is 5.91 Å². The first-order valence-corrected chi connectivity index (χ1v) is 8.37. The predicted octanol–water partition coefficient (Wildman–Crippen LogP) is 2.02. The smallest absolute Gasteiger partial charge is 0.222 e. The zero-order valence-electron chi connectivity index (χ0n) is 12.4. The van der Waals surface area contributed by atoms with Crippen molar-refractivity contribution in [1.82, 2.24) is 19.1 Å². The highest BCUT2D eigenvalue weighted by molar-refractivity contribution is 7.09. The van der Waals surface area contributed by atoms with E-state index in [1.54, 1.807) is 0 Å². The van der Waals surface area contributed by atoms with Crippen LogP contribution in [-0.2, 0) is 4.79 Å². The van der Waals surface area contributed by atoms with Crippen molar-refractivity contribution in [2.24, 2.45) is 0 Å². The van der Waals surface area contributed by atoms with E-state index >= 15 is 0 Å². The minimum absolute atomic E-state index is 0.0974. The number of hydrogen-bond acceptors (Lipinski definition) is 6. The molecule has 0 unspecified atom stereocenters. The molecule has 0 bridgehead atoms. The molecule has 1 saturated heterocycles. The van der Waals surface area contributed by atoms with Gasteiger partial charge in [0.25, 0.3) is 0 Å². The summed E-state index contributed by atoms with van der Waals surface area (Å²) in [6.07, 6.45) is 5.42. The van der Waals surface area contributed by atoms with Crippen LogP contribution in [0.2, 0.25) is 0 Å². The van der Waals surface area contributed by atoms with Gasteiger partial charge in [0.1, 0.15) is 5.82 Å². The van der Waals surface area contributed by atoms with Gasteiger partial charge in [-0.3, -0.25) is 9.48 Å². The van der Waals surface area contributed by atoms with Crippen LogP contribution in [0.15, 0.2) is 12.3 Å². The number of carbonyl (C=O) groups excluding carboxylic acids is 1. The van der Waals surface area contributed by atoms with Crippen molar-refractivity contribution in [2.75, 3.05) is 23.3 Å². The van der Waals surface area contributed by atoms with Crippen LogP contribution >= 0.6 is 11.5 Å². The average Bonchev–Trinajstić information content (AvgIpc) is 2.95. The molecule has 2 aromatic heterocycles. The Morgan fingerprint density at radius 1 is 1.41 bits per heavy atom.